The normalized spacial score (nSPS) is 12.5. The van der Waals surface area contributed by atoms with Crippen LogP contribution in [0.3, 0.4) is 0 Å². The number of halogens is 2. The molecule has 0 aliphatic rings. The van der Waals surface area contributed by atoms with Crippen LogP contribution >= 0.6 is 15.9 Å². The number of phenols is 1. The number of alkyl halides is 1. The first kappa shape index (κ1) is 15.0. The van der Waals surface area contributed by atoms with E-state index in [1.54, 1.807) is 0 Å². The molecule has 0 bridgehead atoms. The molecule has 0 aromatic heterocycles. The second-order valence-electron chi connectivity index (χ2n) is 4.60. The Bertz CT molecular complexity index is 423. The monoisotopic (exact) mass is 317 g/mol. The van der Waals surface area contributed by atoms with Crippen molar-refractivity contribution in [3.8, 4) is 5.75 Å². The molecule has 0 saturated carbocycles. The topological polar surface area (TPSA) is 49.3 Å². The smallest absolute Gasteiger partial charge is 0.254 e. The van der Waals surface area contributed by atoms with E-state index in [9.17, 15) is 9.18 Å². The Labute approximate surface area is 115 Å². The maximum atomic E-state index is 13.4. The molecule has 100 valence electrons. The summed E-state index contributed by atoms with van der Waals surface area (Å²) in [5.41, 5.74) is -0.0583. The number of hydrogen-bond acceptors (Lipinski definition) is 2. The largest absolute Gasteiger partial charge is 0.508 e. The van der Waals surface area contributed by atoms with Gasteiger partial charge < -0.3 is 10.4 Å². The van der Waals surface area contributed by atoms with E-state index in [0.717, 1.165) is 12.5 Å². The molecule has 1 rings (SSSR count). The van der Waals surface area contributed by atoms with E-state index in [-0.39, 0.29) is 16.1 Å². The third kappa shape index (κ3) is 4.64. The predicted octanol–water partition coefficient (Wildman–Crippen LogP) is 3.07. The summed E-state index contributed by atoms with van der Waals surface area (Å²) < 4.78 is 13.4. The fourth-order valence-electron chi connectivity index (χ4n) is 1.58. The van der Waals surface area contributed by atoms with Crippen LogP contribution in [0.2, 0.25) is 0 Å². The van der Waals surface area contributed by atoms with Crippen LogP contribution in [0.4, 0.5) is 4.39 Å². The van der Waals surface area contributed by atoms with Crippen molar-refractivity contribution >= 4 is 21.8 Å². The zero-order chi connectivity index (χ0) is 13.7. The number of carbonyl (C=O) groups is 1. The number of carbonyl (C=O) groups excluding carboxylic acids is 1. The molecule has 1 unspecified atom stereocenters. The fraction of sp³-hybridized carbons (Fsp3) is 0.462. The zero-order valence-electron chi connectivity index (χ0n) is 10.4. The van der Waals surface area contributed by atoms with E-state index in [2.05, 4.69) is 35.1 Å². The van der Waals surface area contributed by atoms with Gasteiger partial charge in [0.2, 0.25) is 0 Å². The first-order valence-electron chi connectivity index (χ1n) is 5.81. The number of benzene rings is 1. The number of nitrogens with one attached hydrogen (secondary N) is 1. The molecule has 1 aromatic rings. The highest BCUT2D eigenvalue weighted by Crippen LogP contribution is 2.15. The minimum atomic E-state index is -0.720. The highest BCUT2D eigenvalue weighted by atomic mass is 79.9. The van der Waals surface area contributed by atoms with E-state index >= 15 is 0 Å². The van der Waals surface area contributed by atoms with Gasteiger partial charge in [-0.3, -0.25) is 4.79 Å². The lowest BCUT2D eigenvalue weighted by Crippen LogP contribution is -2.30. The SMILES string of the molecule is CC(C)CC(Br)CNC(=O)c1ccc(O)cc1F. The molecule has 0 radical (unpaired) electrons. The molecular formula is C13H17BrFNO2. The van der Waals surface area contributed by atoms with Crippen molar-refractivity contribution < 1.29 is 14.3 Å². The number of aromatic hydroxyl groups is 1. The van der Waals surface area contributed by atoms with Crippen molar-refractivity contribution in [1.82, 2.24) is 5.32 Å². The van der Waals surface area contributed by atoms with Gasteiger partial charge in [-0.2, -0.15) is 0 Å². The molecule has 0 fully saturated rings. The van der Waals surface area contributed by atoms with Crippen LogP contribution in [0.5, 0.6) is 5.75 Å². The van der Waals surface area contributed by atoms with E-state index in [4.69, 9.17) is 5.11 Å². The first-order valence-corrected chi connectivity index (χ1v) is 6.72. The summed E-state index contributed by atoms with van der Waals surface area (Å²) in [6.45, 7) is 4.63. The zero-order valence-corrected chi connectivity index (χ0v) is 12.0. The minimum absolute atomic E-state index is 0.0583. The summed E-state index contributed by atoms with van der Waals surface area (Å²) in [4.78, 5) is 11.9. The molecule has 1 aromatic carbocycles. The number of rotatable bonds is 5. The van der Waals surface area contributed by atoms with Gasteiger partial charge in [-0.05, 0) is 24.5 Å². The minimum Gasteiger partial charge on any atom is -0.508 e. The number of phenolic OH excluding ortho intramolecular Hbond substituents is 1. The van der Waals surface area contributed by atoms with E-state index < -0.39 is 11.7 Å². The maximum Gasteiger partial charge on any atom is 0.254 e. The summed E-state index contributed by atoms with van der Waals surface area (Å²) in [5, 5.41) is 11.7. The quantitative estimate of drug-likeness (QED) is 0.820. The Morgan fingerprint density at radius 3 is 2.72 bits per heavy atom. The second kappa shape index (κ2) is 6.73. The standard InChI is InChI=1S/C13H17BrFNO2/c1-8(2)5-9(14)7-16-13(18)11-4-3-10(17)6-12(11)15/h3-4,6,8-9,17H,5,7H2,1-2H3,(H,16,18). The van der Waals surface area contributed by atoms with Crippen LogP contribution in [0, 0.1) is 11.7 Å². The third-order valence-corrected chi connectivity index (χ3v) is 3.11. The third-order valence-electron chi connectivity index (χ3n) is 2.41. The average molecular weight is 318 g/mol. The van der Waals surface area contributed by atoms with Gasteiger partial charge in [0.15, 0.2) is 0 Å². The molecule has 1 amide bonds. The highest BCUT2D eigenvalue weighted by molar-refractivity contribution is 9.09. The van der Waals surface area contributed by atoms with Crippen molar-refractivity contribution in [2.24, 2.45) is 5.92 Å². The van der Waals surface area contributed by atoms with Gasteiger partial charge in [-0.1, -0.05) is 29.8 Å². The van der Waals surface area contributed by atoms with Crippen LogP contribution in [-0.4, -0.2) is 22.4 Å². The Morgan fingerprint density at radius 2 is 2.17 bits per heavy atom. The molecule has 0 aliphatic heterocycles. The predicted molar refractivity (Wildman–Crippen MR) is 72.6 cm³/mol. The van der Waals surface area contributed by atoms with Crippen LogP contribution in [0.1, 0.15) is 30.6 Å². The molecular weight excluding hydrogens is 301 g/mol. The van der Waals surface area contributed by atoms with Crippen molar-refractivity contribution in [2.45, 2.75) is 25.1 Å². The first-order chi connectivity index (χ1) is 8.40. The fourth-order valence-corrected chi connectivity index (χ4v) is 2.49. The Morgan fingerprint density at radius 1 is 1.50 bits per heavy atom. The number of amides is 1. The molecule has 0 aliphatic carbocycles. The van der Waals surface area contributed by atoms with Gasteiger partial charge in [-0.15, -0.1) is 0 Å². The van der Waals surface area contributed by atoms with Gasteiger partial charge in [-0.25, -0.2) is 4.39 Å². The molecule has 0 spiro atoms. The molecule has 18 heavy (non-hydrogen) atoms. The second-order valence-corrected chi connectivity index (χ2v) is 5.90. The van der Waals surface area contributed by atoms with E-state index in [1.165, 1.54) is 12.1 Å². The number of hydrogen-bond donors (Lipinski definition) is 2. The lowest BCUT2D eigenvalue weighted by Gasteiger charge is -2.13. The van der Waals surface area contributed by atoms with Gasteiger partial charge in [0.05, 0.1) is 5.56 Å². The van der Waals surface area contributed by atoms with Gasteiger partial charge in [0.25, 0.3) is 5.91 Å². The lowest BCUT2D eigenvalue weighted by atomic mass is 10.1. The van der Waals surface area contributed by atoms with Gasteiger partial charge in [0.1, 0.15) is 11.6 Å². The van der Waals surface area contributed by atoms with E-state index in [1.807, 2.05) is 0 Å². The summed E-state index contributed by atoms with van der Waals surface area (Å²) in [7, 11) is 0. The Kier molecular flexibility index (Phi) is 5.59. The highest BCUT2D eigenvalue weighted by Gasteiger charge is 2.14. The average Bonchev–Trinajstić information content (AvgIpc) is 2.25. The van der Waals surface area contributed by atoms with Gasteiger partial charge >= 0.3 is 0 Å². The molecule has 0 saturated heterocycles. The van der Waals surface area contributed by atoms with E-state index in [0.29, 0.717) is 12.5 Å². The Balaban J connectivity index is 2.55. The molecule has 0 heterocycles. The molecule has 2 N–H and O–H groups in total. The molecule has 3 nitrogen and oxygen atoms in total. The summed E-state index contributed by atoms with van der Waals surface area (Å²) in [5.74, 6) is -0.859. The maximum absolute atomic E-state index is 13.4. The van der Waals surface area contributed by atoms with Crippen molar-refractivity contribution in [3.05, 3.63) is 29.6 Å². The lowest BCUT2D eigenvalue weighted by molar-refractivity contribution is 0.0949. The van der Waals surface area contributed by atoms with Gasteiger partial charge in [0, 0.05) is 17.4 Å². The van der Waals surface area contributed by atoms with Crippen molar-refractivity contribution in [1.29, 1.82) is 0 Å². The van der Waals surface area contributed by atoms with Crippen LogP contribution in [0.25, 0.3) is 0 Å². The van der Waals surface area contributed by atoms with Crippen LogP contribution < -0.4 is 5.32 Å². The van der Waals surface area contributed by atoms with Crippen molar-refractivity contribution in [2.75, 3.05) is 6.54 Å². The summed E-state index contributed by atoms with van der Waals surface area (Å²) >= 11 is 3.46. The Hall–Kier alpha value is -1.10. The molecule has 5 heteroatoms. The summed E-state index contributed by atoms with van der Waals surface area (Å²) in [6, 6.07) is 3.48. The van der Waals surface area contributed by atoms with Crippen LogP contribution in [0.15, 0.2) is 18.2 Å². The van der Waals surface area contributed by atoms with Crippen molar-refractivity contribution in [3.63, 3.8) is 0 Å². The molecule has 1 atom stereocenters. The van der Waals surface area contributed by atoms with Crippen LogP contribution in [-0.2, 0) is 0 Å². The summed E-state index contributed by atoms with van der Waals surface area (Å²) in [6.07, 6.45) is 0.929.